The summed E-state index contributed by atoms with van der Waals surface area (Å²) < 4.78 is 5.72. The lowest BCUT2D eigenvalue weighted by molar-refractivity contribution is -0.141. The van der Waals surface area contributed by atoms with Crippen molar-refractivity contribution in [2.45, 2.75) is 59.2 Å². The molecule has 0 heterocycles. The van der Waals surface area contributed by atoms with E-state index in [0.717, 1.165) is 11.3 Å². The van der Waals surface area contributed by atoms with Gasteiger partial charge in [-0.05, 0) is 63.9 Å². The van der Waals surface area contributed by atoms with Gasteiger partial charge in [0.05, 0.1) is 6.61 Å². The van der Waals surface area contributed by atoms with Crippen molar-refractivity contribution >= 4 is 23.4 Å². The lowest BCUT2D eigenvalue weighted by Crippen LogP contribution is -2.49. The molecule has 0 bridgehead atoms. The zero-order valence-corrected chi connectivity index (χ0v) is 18.9. The van der Waals surface area contributed by atoms with E-state index in [4.69, 9.17) is 16.3 Å². The molecule has 0 saturated carbocycles. The van der Waals surface area contributed by atoms with E-state index in [-0.39, 0.29) is 17.9 Å². The Balaban J connectivity index is 1.99. The Kier molecular flexibility index (Phi) is 9.18. The SMILES string of the molecule is Cc1ccc(OCCCC(=O)N(Cc2cccc(Cl)c2)[C@@H](C)C(=O)NC(C)C)cc1. The van der Waals surface area contributed by atoms with E-state index in [2.05, 4.69) is 5.32 Å². The third-order valence-corrected chi connectivity index (χ3v) is 4.90. The number of ether oxygens (including phenoxy) is 1. The van der Waals surface area contributed by atoms with Gasteiger partial charge in [-0.2, -0.15) is 0 Å². The van der Waals surface area contributed by atoms with Gasteiger partial charge in [0, 0.05) is 24.0 Å². The summed E-state index contributed by atoms with van der Waals surface area (Å²) in [4.78, 5) is 27.1. The van der Waals surface area contributed by atoms with E-state index in [1.165, 1.54) is 5.56 Å². The number of aryl methyl sites for hydroxylation is 1. The average Bonchev–Trinajstić information content (AvgIpc) is 2.69. The molecule has 0 radical (unpaired) electrons. The second-order valence-corrected chi connectivity index (χ2v) is 8.19. The number of hydrogen-bond donors (Lipinski definition) is 1. The average molecular weight is 431 g/mol. The molecule has 1 atom stereocenters. The van der Waals surface area contributed by atoms with Crippen LogP contribution in [0.15, 0.2) is 48.5 Å². The summed E-state index contributed by atoms with van der Waals surface area (Å²) in [6.07, 6.45) is 0.864. The highest BCUT2D eigenvalue weighted by atomic mass is 35.5. The summed E-state index contributed by atoms with van der Waals surface area (Å²) in [5.74, 6) is 0.527. The molecule has 30 heavy (non-hydrogen) atoms. The van der Waals surface area contributed by atoms with Gasteiger partial charge in [-0.15, -0.1) is 0 Å². The van der Waals surface area contributed by atoms with Gasteiger partial charge in [-0.25, -0.2) is 0 Å². The van der Waals surface area contributed by atoms with Crippen molar-refractivity contribution in [3.8, 4) is 5.75 Å². The zero-order valence-electron chi connectivity index (χ0n) is 18.2. The molecule has 162 valence electrons. The third kappa shape index (κ3) is 7.71. The maximum atomic E-state index is 13.0. The molecule has 0 aromatic heterocycles. The van der Waals surface area contributed by atoms with Crippen molar-refractivity contribution in [2.24, 2.45) is 0 Å². The third-order valence-electron chi connectivity index (χ3n) is 4.66. The number of carbonyl (C=O) groups is 2. The Hall–Kier alpha value is -2.53. The van der Waals surface area contributed by atoms with Gasteiger partial charge in [0.2, 0.25) is 11.8 Å². The van der Waals surface area contributed by atoms with E-state index in [9.17, 15) is 9.59 Å². The molecule has 0 saturated heterocycles. The summed E-state index contributed by atoms with van der Waals surface area (Å²) in [5, 5.41) is 3.49. The predicted octanol–water partition coefficient (Wildman–Crippen LogP) is 4.75. The minimum atomic E-state index is -0.586. The number of amides is 2. The molecule has 0 aliphatic carbocycles. The molecule has 1 N–H and O–H groups in total. The Labute approximate surface area is 184 Å². The molecule has 2 amide bonds. The van der Waals surface area contributed by atoms with Crippen LogP contribution >= 0.6 is 11.6 Å². The molecule has 0 fully saturated rings. The standard InChI is InChI=1S/C24H31ClN2O3/c1-17(2)26-24(29)19(4)27(16-20-7-5-8-21(25)15-20)23(28)9-6-14-30-22-12-10-18(3)11-13-22/h5,7-8,10-13,15,17,19H,6,9,14,16H2,1-4H3,(H,26,29)/t19-/m0/s1. The zero-order chi connectivity index (χ0) is 22.1. The molecule has 0 unspecified atom stereocenters. The highest BCUT2D eigenvalue weighted by Gasteiger charge is 2.26. The van der Waals surface area contributed by atoms with Gasteiger partial charge in [0.1, 0.15) is 11.8 Å². The largest absolute Gasteiger partial charge is 0.494 e. The first-order chi connectivity index (χ1) is 14.3. The maximum Gasteiger partial charge on any atom is 0.242 e. The molecule has 2 rings (SSSR count). The summed E-state index contributed by atoms with van der Waals surface area (Å²) >= 11 is 6.09. The second kappa shape index (κ2) is 11.6. The molecule has 2 aromatic rings. The smallest absolute Gasteiger partial charge is 0.242 e. The monoisotopic (exact) mass is 430 g/mol. The van der Waals surface area contributed by atoms with Crippen LogP contribution < -0.4 is 10.1 Å². The number of rotatable bonds is 10. The summed E-state index contributed by atoms with van der Waals surface area (Å²) in [5.41, 5.74) is 2.05. The van der Waals surface area contributed by atoms with Crippen molar-refractivity contribution in [1.82, 2.24) is 10.2 Å². The van der Waals surface area contributed by atoms with Gasteiger partial charge in [-0.1, -0.05) is 41.4 Å². The first-order valence-electron chi connectivity index (χ1n) is 10.3. The number of benzene rings is 2. The van der Waals surface area contributed by atoms with Crippen LogP contribution in [0.5, 0.6) is 5.75 Å². The van der Waals surface area contributed by atoms with Crippen LogP contribution in [0.4, 0.5) is 0 Å². The van der Waals surface area contributed by atoms with Gasteiger partial charge in [0.15, 0.2) is 0 Å². The van der Waals surface area contributed by atoms with Crippen LogP contribution in [0.3, 0.4) is 0 Å². The quantitative estimate of drug-likeness (QED) is 0.553. The minimum absolute atomic E-state index is 0.00554. The van der Waals surface area contributed by atoms with Crippen LogP contribution in [-0.4, -0.2) is 35.4 Å². The van der Waals surface area contributed by atoms with E-state index < -0.39 is 6.04 Å². The molecule has 0 spiro atoms. The van der Waals surface area contributed by atoms with E-state index in [1.807, 2.05) is 63.2 Å². The normalized spacial score (nSPS) is 11.8. The van der Waals surface area contributed by atoms with Crippen LogP contribution in [0.2, 0.25) is 5.02 Å². The van der Waals surface area contributed by atoms with Gasteiger partial charge < -0.3 is 15.0 Å². The van der Waals surface area contributed by atoms with E-state index in [0.29, 0.717) is 31.0 Å². The van der Waals surface area contributed by atoms with Crippen molar-refractivity contribution < 1.29 is 14.3 Å². The number of nitrogens with one attached hydrogen (secondary N) is 1. The van der Waals surface area contributed by atoms with Crippen molar-refractivity contribution in [2.75, 3.05) is 6.61 Å². The summed E-state index contributed by atoms with van der Waals surface area (Å²) in [6.45, 7) is 8.33. The highest BCUT2D eigenvalue weighted by molar-refractivity contribution is 6.30. The predicted molar refractivity (Wildman–Crippen MR) is 121 cm³/mol. The van der Waals surface area contributed by atoms with Crippen molar-refractivity contribution in [3.05, 3.63) is 64.7 Å². The first-order valence-corrected chi connectivity index (χ1v) is 10.7. The Morgan fingerprint density at radius 2 is 1.80 bits per heavy atom. The van der Waals surface area contributed by atoms with Crippen molar-refractivity contribution in [1.29, 1.82) is 0 Å². The molecule has 5 nitrogen and oxygen atoms in total. The fourth-order valence-electron chi connectivity index (χ4n) is 3.01. The lowest BCUT2D eigenvalue weighted by atomic mass is 10.1. The fourth-order valence-corrected chi connectivity index (χ4v) is 3.22. The van der Waals surface area contributed by atoms with Crippen LogP contribution in [0.25, 0.3) is 0 Å². The van der Waals surface area contributed by atoms with Gasteiger partial charge >= 0.3 is 0 Å². The van der Waals surface area contributed by atoms with Gasteiger partial charge in [-0.3, -0.25) is 9.59 Å². The summed E-state index contributed by atoms with van der Waals surface area (Å²) in [7, 11) is 0. The van der Waals surface area contributed by atoms with Crippen LogP contribution in [0, 0.1) is 6.92 Å². The molecule has 0 aliphatic heterocycles. The number of nitrogens with zero attached hydrogens (tertiary/aromatic N) is 1. The van der Waals surface area contributed by atoms with E-state index in [1.54, 1.807) is 17.9 Å². The van der Waals surface area contributed by atoms with Crippen LogP contribution in [0.1, 0.15) is 44.7 Å². The molecule has 0 aliphatic rings. The topological polar surface area (TPSA) is 58.6 Å². The number of carbonyl (C=O) groups excluding carboxylic acids is 2. The summed E-state index contributed by atoms with van der Waals surface area (Å²) in [6, 6.07) is 14.6. The Morgan fingerprint density at radius 3 is 2.43 bits per heavy atom. The first kappa shape index (κ1) is 23.7. The number of halogens is 1. The fraction of sp³-hybridized carbons (Fsp3) is 0.417. The molecular formula is C24H31ClN2O3. The van der Waals surface area contributed by atoms with E-state index >= 15 is 0 Å². The second-order valence-electron chi connectivity index (χ2n) is 7.76. The minimum Gasteiger partial charge on any atom is -0.494 e. The lowest BCUT2D eigenvalue weighted by Gasteiger charge is -2.29. The van der Waals surface area contributed by atoms with Crippen LogP contribution in [-0.2, 0) is 16.1 Å². The van der Waals surface area contributed by atoms with Crippen molar-refractivity contribution in [3.63, 3.8) is 0 Å². The Morgan fingerprint density at radius 1 is 1.10 bits per heavy atom. The maximum absolute atomic E-state index is 13.0. The Bertz CT molecular complexity index is 837. The molecular weight excluding hydrogens is 400 g/mol. The highest BCUT2D eigenvalue weighted by Crippen LogP contribution is 2.17. The van der Waals surface area contributed by atoms with Gasteiger partial charge in [0.25, 0.3) is 0 Å². The molecule has 6 heteroatoms. The number of hydrogen-bond acceptors (Lipinski definition) is 3. The molecule has 2 aromatic carbocycles.